The minimum Gasteiger partial charge on any atom is -0.395 e. The van der Waals surface area contributed by atoms with Crippen molar-refractivity contribution in [2.45, 2.75) is 13.8 Å². The Labute approximate surface area is 153 Å². The SMILES string of the molecule is Cc1cc(C)n(-c2ccc(NCCNC(=O)c3ccc([N+](=O)[O-])o3)nn2)n1. The monoisotopic (exact) mass is 371 g/mol. The van der Waals surface area contributed by atoms with Gasteiger partial charge >= 0.3 is 5.88 Å². The summed E-state index contributed by atoms with van der Waals surface area (Å²) in [6.07, 6.45) is 0. The lowest BCUT2D eigenvalue weighted by Gasteiger charge is -2.07. The molecule has 0 aliphatic rings. The van der Waals surface area contributed by atoms with E-state index in [0.717, 1.165) is 17.5 Å². The normalized spacial score (nSPS) is 10.6. The van der Waals surface area contributed by atoms with Crippen molar-refractivity contribution in [1.82, 2.24) is 25.3 Å². The van der Waals surface area contributed by atoms with Crippen molar-refractivity contribution in [1.29, 1.82) is 0 Å². The van der Waals surface area contributed by atoms with Gasteiger partial charge in [0, 0.05) is 18.8 Å². The van der Waals surface area contributed by atoms with Crippen molar-refractivity contribution in [3.63, 3.8) is 0 Å². The smallest absolute Gasteiger partial charge is 0.395 e. The molecule has 0 saturated carbocycles. The summed E-state index contributed by atoms with van der Waals surface area (Å²) in [4.78, 5) is 21.7. The molecule has 3 aromatic rings. The summed E-state index contributed by atoms with van der Waals surface area (Å²) < 4.78 is 6.53. The van der Waals surface area contributed by atoms with E-state index in [0.29, 0.717) is 18.2 Å². The Bertz CT molecular complexity index is 962. The molecule has 3 rings (SSSR count). The molecule has 0 spiro atoms. The van der Waals surface area contributed by atoms with Gasteiger partial charge in [0.25, 0.3) is 5.91 Å². The lowest BCUT2D eigenvalue weighted by atomic mass is 10.4. The van der Waals surface area contributed by atoms with E-state index >= 15 is 0 Å². The van der Waals surface area contributed by atoms with Crippen molar-refractivity contribution in [2.75, 3.05) is 18.4 Å². The number of nitrogens with one attached hydrogen (secondary N) is 2. The third-order valence-corrected chi connectivity index (χ3v) is 3.59. The zero-order valence-electron chi connectivity index (χ0n) is 14.7. The van der Waals surface area contributed by atoms with Gasteiger partial charge in [-0.2, -0.15) is 5.10 Å². The topological polar surface area (TPSA) is 141 Å². The summed E-state index contributed by atoms with van der Waals surface area (Å²) in [7, 11) is 0. The maximum absolute atomic E-state index is 11.8. The van der Waals surface area contributed by atoms with E-state index in [1.807, 2.05) is 19.9 Å². The second-order valence-electron chi connectivity index (χ2n) is 5.69. The molecule has 0 aliphatic carbocycles. The number of rotatable bonds is 7. The van der Waals surface area contributed by atoms with Crippen molar-refractivity contribution in [3.05, 3.63) is 57.6 Å². The van der Waals surface area contributed by atoms with E-state index in [9.17, 15) is 14.9 Å². The molecular weight excluding hydrogens is 354 g/mol. The van der Waals surface area contributed by atoms with Gasteiger partial charge in [0.15, 0.2) is 11.6 Å². The van der Waals surface area contributed by atoms with Gasteiger partial charge in [0.2, 0.25) is 0 Å². The van der Waals surface area contributed by atoms with Gasteiger partial charge in [0.05, 0.1) is 11.8 Å². The van der Waals surface area contributed by atoms with Crippen molar-refractivity contribution < 1.29 is 14.1 Å². The molecule has 3 aromatic heterocycles. The number of carbonyl (C=O) groups excluding carboxylic acids is 1. The molecule has 0 saturated heterocycles. The van der Waals surface area contributed by atoms with Crippen molar-refractivity contribution in [2.24, 2.45) is 0 Å². The highest BCUT2D eigenvalue weighted by Gasteiger charge is 2.16. The van der Waals surface area contributed by atoms with Crippen LogP contribution in [-0.2, 0) is 0 Å². The maximum Gasteiger partial charge on any atom is 0.433 e. The van der Waals surface area contributed by atoms with Crippen LogP contribution in [0.3, 0.4) is 0 Å². The van der Waals surface area contributed by atoms with Crippen LogP contribution in [-0.4, -0.2) is 43.9 Å². The number of aromatic nitrogens is 4. The number of anilines is 1. The summed E-state index contributed by atoms with van der Waals surface area (Å²) >= 11 is 0. The summed E-state index contributed by atoms with van der Waals surface area (Å²) in [5.74, 6) is 0.0323. The highest BCUT2D eigenvalue weighted by Crippen LogP contribution is 2.15. The highest BCUT2D eigenvalue weighted by molar-refractivity contribution is 5.91. The molecule has 3 heterocycles. The molecule has 11 nitrogen and oxygen atoms in total. The first-order chi connectivity index (χ1) is 12.9. The number of aryl methyl sites for hydroxylation is 2. The average molecular weight is 371 g/mol. The molecule has 0 aromatic carbocycles. The minimum atomic E-state index is -0.702. The largest absolute Gasteiger partial charge is 0.433 e. The van der Waals surface area contributed by atoms with Gasteiger partial charge in [-0.1, -0.05) is 0 Å². The van der Waals surface area contributed by atoms with E-state index in [1.165, 1.54) is 6.07 Å². The molecule has 0 fully saturated rings. The number of amides is 1. The summed E-state index contributed by atoms with van der Waals surface area (Å²) in [5, 5.41) is 28.7. The molecule has 0 aliphatic heterocycles. The molecule has 0 radical (unpaired) electrons. The number of furan rings is 1. The minimum absolute atomic E-state index is 0.115. The fourth-order valence-corrected chi connectivity index (χ4v) is 2.39. The molecule has 27 heavy (non-hydrogen) atoms. The fourth-order valence-electron chi connectivity index (χ4n) is 2.39. The Morgan fingerprint density at radius 2 is 2.04 bits per heavy atom. The van der Waals surface area contributed by atoms with Crippen LogP contribution in [0.5, 0.6) is 0 Å². The van der Waals surface area contributed by atoms with Crippen LogP contribution in [0.15, 0.2) is 34.7 Å². The number of nitro groups is 1. The fraction of sp³-hybridized carbons (Fsp3) is 0.250. The predicted molar refractivity (Wildman–Crippen MR) is 94.8 cm³/mol. The average Bonchev–Trinajstić information content (AvgIpc) is 3.26. The third-order valence-electron chi connectivity index (χ3n) is 3.59. The van der Waals surface area contributed by atoms with Gasteiger partial charge in [-0.05, 0) is 38.1 Å². The quantitative estimate of drug-likeness (QED) is 0.362. The number of hydrogen-bond acceptors (Lipinski definition) is 8. The molecule has 0 atom stereocenters. The molecule has 140 valence electrons. The molecule has 11 heteroatoms. The Balaban J connectivity index is 1.48. The van der Waals surface area contributed by atoms with E-state index in [-0.39, 0.29) is 12.3 Å². The van der Waals surface area contributed by atoms with Crippen LogP contribution in [0.1, 0.15) is 21.9 Å². The highest BCUT2D eigenvalue weighted by atomic mass is 16.6. The van der Waals surface area contributed by atoms with Gasteiger partial charge in [-0.3, -0.25) is 14.9 Å². The van der Waals surface area contributed by atoms with Crippen LogP contribution >= 0.6 is 0 Å². The first kappa shape index (κ1) is 18.0. The van der Waals surface area contributed by atoms with E-state index < -0.39 is 16.7 Å². The van der Waals surface area contributed by atoms with Crippen molar-refractivity contribution in [3.8, 4) is 5.82 Å². The molecule has 2 N–H and O–H groups in total. The van der Waals surface area contributed by atoms with Gasteiger partial charge in [-0.25, -0.2) is 4.68 Å². The van der Waals surface area contributed by atoms with E-state index in [4.69, 9.17) is 4.42 Å². The maximum atomic E-state index is 11.8. The molecule has 0 unspecified atom stereocenters. The first-order valence-corrected chi connectivity index (χ1v) is 8.07. The van der Waals surface area contributed by atoms with Crippen LogP contribution in [0.2, 0.25) is 0 Å². The number of hydrogen-bond donors (Lipinski definition) is 2. The van der Waals surface area contributed by atoms with Crippen molar-refractivity contribution >= 4 is 17.6 Å². The Morgan fingerprint density at radius 3 is 2.63 bits per heavy atom. The van der Waals surface area contributed by atoms with Crippen LogP contribution in [0.25, 0.3) is 5.82 Å². The van der Waals surface area contributed by atoms with Crippen LogP contribution in [0.4, 0.5) is 11.7 Å². The zero-order valence-corrected chi connectivity index (χ0v) is 14.7. The summed E-state index contributed by atoms with van der Waals surface area (Å²) in [6, 6.07) is 7.88. The standard InChI is InChI=1S/C16H17N7O4/c1-10-9-11(2)22(21-10)14-5-4-13(19-20-14)17-7-8-18-16(24)12-3-6-15(27-12)23(25)26/h3-6,9H,7-8H2,1-2H3,(H,17,19)(H,18,24). The van der Waals surface area contributed by atoms with Gasteiger partial charge < -0.3 is 15.1 Å². The Hall–Kier alpha value is -3.76. The summed E-state index contributed by atoms with van der Waals surface area (Å²) in [6.45, 7) is 4.50. The lowest BCUT2D eigenvalue weighted by Crippen LogP contribution is -2.28. The number of carbonyl (C=O) groups is 1. The molecule has 1 amide bonds. The molecule has 0 bridgehead atoms. The number of nitrogens with zero attached hydrogens (tertiary/aromatic N) is 5. The summed E-state index contributed by atoms with van der Waals surface area (Å²) in [5.41, 5.74) is 1.86. The molecular formula is C16H17N7O4. The van der Waals surface area contributed by atoms with Crippen LogP contribution in [0, 0.1) is 24.0 Å². The van der Waals surface area contributed by atoms with Gasteiger partial charge in [0.1, 0.15) is 10.7 Å². The third kappa shape index (κ3) is 4.26. The van der Waals surface area contributed by atoms with Gasteiger partial charge in [-0.15, -0.1) is 10.2 Å². The van der Waals surface area contributed by atoms with E-state index in [1.54, 1.807) is 16.8 Å². The lowest BCUT2D eigenvalue weighted by molar-refractivity contribution is -0.402. The van der Waals surface area contributed by atoms with Crippen LogP contribution < -0.4 is 10.6 Å². The second-order valence-corrected chi connectivity index (χ2v) is 5.69. The Morgan fingerprint density at radius 1 is 1.22 bits per heavy atom. The first-order valence-electron chi connectivity index (χ1n) is 8.07. The van der Waals surface area contributed by atoms with E-state index in [2.05, 4.69) is 25.9 Å². The zero-order chi connectivity index (χ0) is 19.4. The second kappa shape index (κ2) is 7.64. The Kier molecular flexibility index (Phi) is 5.11. The predicted octanol–water partition coefficient (Wildman–Crippen LogP) is 1.62.